The molecule has 5 nitrogen and oxygen atoms in total. The van der Waals surface area contributed by atoms with Gasteiger partial charge in [0.2, 0.25) is 5.13 Å². The van der Waals surface area contributed by atoms with E-state index < -0.39 is 5.97 Å². The third-order valence-electron chi connectivity index (χ3n) is 3.14. The van der Waals surface area contributed by atoms with Gasteiger partial charge >= 0.3 is 5.97 Å². The molecule has 18 heavy (non-hydrogen) atoms. The maximum absolute atomic E-state index is 10.5. The van der Waals surface area contributed by atoms with Crippen molar-refractivity contribution in [3.05, 3.63) is 0 Å². The number of aromatic nitrogens is 2. The van der Waals surface area contributed by atoms with Gasteiger partial charge in [0.25, 0.3) is 0 Å². The second-order valence-corrected chi connectivity index (χ2v) is 6.61. The predicted molar refractivity (Wildman–Crippen MR) is 73.5 cm³/mol. The Kier molecular flexibility index (Phi) is 4.82. The molecule has 0 aromatic carbocycles. The van der Waals surface area contributed by atoms with Crippen LogP contribution in [0.3, 0.4) is 0 Å². The lowest BCUT2D eigenvalue weighted by Crippen LogP contribution is -2.33. The first-order valence-electron chi connectivity index (χ1n) is 6.08. The van der Waals surface area contributed by atoms with E-state index in [1.807, 2.05) is 0 Å². The van der Waals surface area contributed by atoms with Gasteiger partial charge in [-0.2, -0.15) is 0 Å². The van der Waals surface area contributed by atoms with Gasteiger partial charge in [0.15, 0.2) is 4.34 Å². The van der Waals surface area contributed by atoms with E-state index in [1.54, 1.807) is 0 Å². The highest BCUT2D eigenvalue weighted by molar-refractivity contribution is 8.01. The van der Waals surface area contributed by atoms with Crippen molar-refractivity contribution in [1.29, 1.82) is 0 Å². The van der Waals surface area contributed by atoms with Gasteiger partial charge in [-0.15, -0.1) is 10.2 Å². The third kappa shape index (κ3) is 3.58. The molecule has 1 aliphatic carbocycles. The highest BCUT2D eigenvalue weighted by atomic mass is 32.2. The van der Waals surface area contributed by atoms with Crippen LogP contribution >= 0.6 is 23.1 Å². The van der Waals surface area contributed by atoms with E-state index in [-0.39, 0.29) is 5.75 Å². The highest BCUT2D eigenvalue weighted by Gasteiger charge is 2.21. The second-order valence-electron chi connectivity index (χ2n) is 4.44. The quantitative estimate of drug-likeness (QED) is 0.839. The molecule has 1 aromatic rings. The van der Waals surface area contributed by atoms with Crippen LogP contribution in [0.25, 0.3) is 0 Å². The minimum atomic E-state index is -0.822. The first-order chi connectivity index (χ1) is 8.66. The molecule has 1 heterocycles. The van der Waals surface area contributed by atoms with Crippen molar-refractivity contribution in [2.24, 2.45) is 0 Å². The minimum absolute atomic E-state index is 0.0434. The van der Waals surface area contributed by atoms with Crippen molar-refractivity contribution >= 4 is 34.2 Å². The van der Waals surface area contributed by atoms with Crippen molar-refractivity contribution in [3.8, 4) is 0 Å². The van der Waals surface area contributed by atoms with Crippen molar-refractivity contribution in [2.45, 2.75) is 42.5 Å². The minimum Gasteiger partial charge on any atom is -0.481 e. The average Bonchev–Trinajstić information content (AvgIpc) is 2.85. The second kappa shape index (κ2) is 6.38. The number of nitrogens with zero attached hydrogens (tertiary/aromatic N) is 3. The van der Waals surface area contributed by atoms with E-state index in [0.717, 1.165) is 9.47 Å². The van der Waals surface area contributed by atoms with E-state index in [2.05, 4.69) is 22.1 Å². The Bertz CT molecular complexity index is 405. The van der Waals surface area contributed by atoms with Crippen LogP contribution in [0.1, 0.15) is 32.1 Å². The van der Waals surface area contributed by atoms with Gasteiger partial charge < -0.3 is 10.0 Å². The Labute approximate surface area is 115 Å². The fraction of sp³-hybridized carbons (Fsp3) is 0.727. The predicted octanol–water partition coefficient (Wildman–Crippen LogP) is 2.48. The molecule has 0 unspecified atom stereocenters. The topological polar surface area (TPSA) is 66.3 Å². The summed E-state index contributed by atoms with van der Waals surface area (Å²) in [5.74, 6) is -0.778. The van der Waals surface area contributed by atoms with Gasteiger partial charge in [-0.1, -0.05) is 42.4 Å². The summed E-state index contributed by atoms with van der Waals surface area (Å²) in [4.78, 5) is 12.7. The van der Waals surface area contributed by atoms with Crippen molar-refractivity contribution in [3.63, 3.8) is 0 Å². The molecule has 1 fully saturated rings. The van der Waals surface area contributed by atoms with E-state index >= 15 is 0 Å². The van der Waals surface area contributed by atoms with Gasteiger partial charge in [-0.05, 0) is 12.8 Å². The van der Waals surface area contributed by atoms with Gasteiger partial charge in [-0.3, -0.25) is 4.79 Å². The number of aliphatic carboxylic acids is 1. The molecule has 0 radical (unpaired) electrons. The number of anilines is 1. The number of thioether (sulfide) groups is 1. The van der Waals surface area contributed by atoms with Crippen LogP contribution in [0.2, 0.25) is 0 Å². The average molecular weight is 287 g/mol. The number of carboxylic acids is 1. The molecule has 0 spiro atoms. The van der Waals surface area contributed by atoms with E-state index in [4.69, 9.17) is 5.11 Å². The van der Waals surface area contributed by atoms with Crippen molar-refractivity contribution < 1.29 is 9.90 Å². The Balaban J connectivity index is 1.93. The molecular formula is C11H17N3O2S2. The highest BCUT2D eigenvalue weighted by Crippen LogP contribution is 2.31. The summed E-state index contributed by atoms with van der Waals surface area (Å²) in [7, 11) is 2.06. The van der Waals surface area contributed by atoms with Gasteiger partial charge in [0.05, 0.1) is 5.75 Å². The molecule has 1 aliphatic rings. The van der Waals surface area contributed by atoms with Crippen LogP contribution < -0.4 is 4.90 Å². The molecule has 7 heteroatoms. The zero-order chi connectivity index (χ0) is 13.0. The largest absolute Gasteiger partial charge is 0.481 e. The Morgan fingerprint density at radius 2 is 2.17 bits per heavy atom. The van der Waals surface area contributed by atoms with Gasteiger partial charge in [0.1, 0.15) is 0 Å². The van der Waals surface area contributed by atoms with Crippen LogP contribution in [0, 0.1) is 0 Å². The maximum Gasteiger partial charge on any atom is 0.313 e. The summed E-state index contributed by atoms with van der Waals surface area (Å²) in [6.45, 7) is 0. The van der Waals surface area contributed by atoms with E-state index in [1.165, 1.54) is 55.2 Å². The molecular weight excluding hydrogens is 270 g/mol. The number of rotatable bonds is 5. The number of hydrogen-bond acceptors (Lipinski definition) is 6. The van der Waals surface area contributed by atoms with Gasteiger partial charge in [-0.25, -0.2) is 0 Å². The first-order valence-corrected chi connectivity index (χ1v) is 7.88. The van der Waals surface area contributed by atoms with Crippen molar-refractivity contribution in [1.82, 2.24) is 10.2 Å². The number of carboxylic acid groups (broad SMARTS) is 1. The van der Waals surface area contributed by atoms with E-state index in [0.29, 0.717) is 6.04 Å². The monoisotopic (exact) mass is 287 g/mol. The molecule has 1 aromatic heterocycles. The molecule has 0 bridgehead atoms. The van der Waals surface area contributed by atoms with Crippen LogP contribution in [-0.4, -0.2) is 40.1 Å². The standard InChI is InChI=1S/C11H17N3O2S2/c1-14(8-5-3-2-4-6-8)10-12-13-11(18-10)17-7-9(15)16/h8H,2-7H2,1H3,(H,15,16). The molecule has 1 saturated carbocycles. The Hall–Kier alpha value is -0.820. The van der Waals surface area contributed by atoms with Crippen molar-refractivity contribution in [2.75, 3.05) is 17.7 Å². The van der Waals surface area contributed by atoms with Gasteiger partial charge in [0, 0.05) is 13.1 Å². The lowest BCUT2D eigenvalue weighted by molar-refractivity contribution is -0.133. The summed E-state index contributed by atoms with van der Waals surface area (Å²) in [5.41, 5.74) is 0. The zero-order valence-corrected chi connectivity index (χ0v) is 12.0. The first kappa shape index (κ1) is 13.6. The smallest absolute Gasteiger partial charge is 0.313 e. The maximum atomic E-state index is 10.5. The lowest BCUT2D eigenvalue weighted by Gasteiger charge is -2.30. The zero-order valence-electron chi connectivity index (χ0n) is 10.3. The summed E-state index contributed by atoms with van der Waals surface area (Å²) in [6, 6.07) is 0.559. The molecule has 1 N–H and O–H groups in total. The third-order valence-corrected chi connectivity index (χ3v) is 5.27. The fourth-order valence-corrected chi connectivity index (χ4v) is 3.75. The fourth-order valence-electron chi connectivity index (χ4n) is 2.15. The number of carbonyl (C=O) groups is 1. The Morgan fingerprint density at radius 1 is 1.44 bits per heavy atom. The summed E-state index contributed by atoms with van der Waals surface area (Å²) in [6.07, 6.45) is 6.34. The van der Waals surface area contributed by atoms with Crippen LogP contribution in [0.15, 0.2) is 4.34 Å². The van der Waals surface area contributed by atoms with Crippen LogP contribution in [-0.2, 0) is 4.79 Å². The van der Waals surface area contributed by atoms with Crippen LogP contribution in [0.4, 0.5) is 5.13 Å². The normalized spacial score (nSPS) is 16.7. The SMILES string of the molecule is CN(c1nnc(SCC(=O)O)s1)C1CCCCC1. The van der Waals surface area contributed by atoms with Crippen LogP contribution in [0.5, 0.6) is 0 Å². The molecule has 0 atom stereocenters. The lowest BCUT2D eigenvalue weighted by atomic mass is 9.95. The molecule has 0 amide bonds. The number of hydrogen-bond donors (Lipinski definition) is 1. The molecule has 0 saturated heterocycles. The molecule has 0 aliphatic heterocycles. The van der Waals surface area contributed by atoms with E-state index in [9.17, 15) is 4.79 Å². The summed E-state index contributed by atoms with van der Waals surface area (Å²) in [5, 5.41) is 17.7. The Morgan fingerprint density at radius 3 is 2.83 bits per heavy atom. The molecule has 2 rings (SSSR count). The molecule has 100 valence electrons. The summed E-state index contributed by atoms with van der Waals surface area (Å²) >= 11 is 2.71. The summed E-state index contributed by atoms with van der Waals surface area (Å²) < 4.78 is 0.732.